The van der Waals surface area contributed by atoms with E-state index in [1.54, 1.807) is 0 Å². The number of rotatable bonds is 7. The third-order valence-electron chi connectivity index (χ3n) is 8.41. The van der Waals surface area contributed by atoms with Gasteiger partial charge in [0.25, 0.3) is 0 Å². The second-order valence-corrected chi connectivity index (χ2v) is 11.6. The Bertz CT molecular complexity index is 2130. The lowest BCUT2D eigenvalue weighted by molar-refractivity contribution is 1.18. The van der Waals surface area contributed by atoms with E-state index < -0.39 is 0 Å². The summed E-state index contributed by atoms with van der Waals surface area (Å²) in [6.07, 6.45) is 3.64. The lowest BCUT2D eigenvalue weighted by atomic mass is 9.97. The minimum absolute atomic E-state index is 0.664. The van der Waals surface area contributed by atoms with Crippen molar-refractivity contribution in [1.82, 2.24) is 19.9 Å². The molecule has 0 atom stereocenters. The zero-order valence-electron chi connectivity index (χ0n) is 26.1. The van der Waals surface area contributed by atoms with Gasteiger partial charge in [0.15, 0.2) is 5.82 Å². The normalized spacial score (nSPS) is 10.9. The molecular formula is C44H30N4. The molecule has 3 aromatic heterocycles. The van der Waals surface area contributed by atoms with Gasteiger partial charge in [-0.1, -0.05) is 121 Å². The van der Waals surface area contributed by atoms with Gasteiger partial charge in [-0.3, -0.25) is 9.97 Å². The van der Waals surface area contributed by atoms with Gasteiger partial charge in [0.05, 0.1) is 22.8 Å². The highest BCUT2D eigenvalue weighted by atomic mass is 14.9. The van der Waals surface area contributed by atoms with Crippen LogP contribution in [0.4, 0.5) is 0 Å². The van der Waals surface area contributed by atoms with Gasteiger partial charge in [-0.15, -0.1) is 0 Å². The lowest BCUT2D eigenvalue weighted by Gasteiger charge is -2.13. The van der Waals surface area contributed by atoms with Crippen LogP contribution >= 0.6 is 0 Å². The number of aromatic nitrogens is 4. The largest absolute Gasteiger partial charge is 0.256 e. The lowest BCUT2D eigenvalue weighted by Crippen LogP contribution is -1.97. The number of hydrogen-bond acceptors (Lipinski definition) is 4. The van der Waals surface area contributed by atoms with Crippen LogP contribution in [0.3, 0.4) is 0 Å². The maximum atomic E-state index is 5.18. The smallest absolute Gasteiger partial charge is 0.160 e. The molecule has 8 aromatic rings. The van der Waals surface area contributed by atoms with Crippen LogP contribution in [0, 0.1) is 0 Å². The van der Waals surface area contributed by atoms with E-state index in [2.05, 4.69) is 131 Å². The summed E-state index contributed by atoms with van der Waals surface area (Å²) in [6, 6.07) is 58.4. The molecule has 0 aliphatic carbocycles. The molecule has 48 heavy (non-hydrogen) atoms. The van der Waals surface area contributed by atoms with Gasteiger partial charge < -0.3 is 0 Å². The molecule has 0 saturated carbocycles. The van der Waals surface area contributed by atoms with Gasteiger partial charge in [-0.2, -0.15) is 0 Å². The molecule has 8 rings (SSSR count). The SMILES string of the molecule is c1ccc(-c2ccc(-c3cc(-c4cc(-c5ccccn5)cc(-c5ccccn5)c4)nc(-c4ccc(-c5ccccc5)cc4)n3)cc2)cc1. The van der Waals surface area contributed by atoms with Gasteiger partial charge in [0, 0.05) is 40.2 Å². The predicted octanol–water partition coefficient (Wildman–Crippen LogP) is 10.9. The van der Waals surface area contributed by atoms with E-state index >= 15 is 0 Å². The van der Waals surface area contributed by atoms with Crippen LogP contribution < -0.4 is 0 Å². The monoisotopic (exact) mass is 614 g/mol. The van der Waals surface area contributed by atoms with Crippen LogP contribution in [-0.4, -0.2) is 19.9 Å². The van der Waals surface area contributed by atoms with Crippen molar-refractivity contribution in [2.75, 3.05) is 0 Å². The average Bonchev–Trinajstić information content (AvgIpc) is 3.19. The van der Waals surface area contributed by atoms with Crippen molar-refractivity contribution in [2.45, 2.75) is 0 Å². The first-order chi connectivity index (χ1) is 23.8. The fourth-order valence-corrected chi connectivity index (χ4v) is 5.92. The molecule has 0 aliphatic rings. The number of hydrogen-bond donors (Lipinski definition) is 0. The summed E-state index contributed by atoms with van der Waals surface area (Å²) in [5.41, 5.74) is 13.0. The van der Waals surface area contributed by atoms with E-state index in [9.17, 15) is 0 Å². The van der Waals surface area contributed by atoms with Crippen LogP contribution in [-0.2, 0) is 0 Å². The number of benzene rings is 5. The predicted molar refractivity (Wildman–Crippen MR) is 196 cm³/mol. The standard InChI is InChI=1S/C44H30N4/c1-3-11-31(12-4-1)33-17-21-35(22-18-33)42-30-43(48-44(47-42)36-23-19-34(20-24-36)32-13-5-2-6-14-32)39-28-37(40-15-7-9-25-45-40)27-38(29-39)41-16-8-10-26-46-41/h1-30H. The van der Waals surface area contributed by atoms with Gasteiger partial charge >= 0.3 is 0 Å². The van der Waals surface area contributed by atoms with Crippen LogP contribution in [0.25, 0.3) is 78.7 Å². The highest BCUT2D eigenvalue weighted by Gasteiger charge is 2.15. The molecule has 0 N–H and O–H groups in total. The van der Waals surface area contributed by atoms with Crippen molar-refractivity contribution in [3.63, 3.8) is 0 Å². The first kappa shape index (κ1) is 28.9. The van der Waals surface area contributed by atoms with E-state index in [1.807, 2.05) is 60.9 Å². The second kappa shape index (κ2) is 13.1. The minimum Gasteiger partial charge on any atom is -0.256 e. The topological polar surface area (TPSA) is 51.6 Å². The molecule has 0 amide bonds. The van der Waals surface area contributed by atoms with Gasteiger partial charge in [-0.25, -0.2) is 9.97 Å². The molecule has 0 bridgehead atoms. The third kappa shape index (κ3) is 6.15. The first-order valence-corrected chi connectivity index (χ1v) is 16.0. The Hall–Kier alpha value is -6.52. The Balaban J connectivity index is 1.28. The van der Waals surface area contributed by atoms with Crippen molar-refractivity contribution < 1.29 is 0 Å². The number of pyridine rings is 2. The Morgan fingerprint density at radius 3 is 1.08 bits per heavy atom. The Morgan fingerprint density at radius 1 is 0.250 bits per heavy atom. The van der Waals surface area contributed by atoms with Crippen molar-refractivity contribution in [2.24, 2.45) is 0 Å². The molecule has 0 unspecified atom stereocenters. The van der Waals surface area contributed by atoms with E-state index in [0.29, 0.717) is 5.82 Å². The molecule has 0 aliphatic heterocycles. The molecule has 0 radical (unpaired) electrons. The van der Waals surface area contributed by atoms with Gasteiger partial charge in [0.1, 0.15) is 0 Å². The van der Waals surface area contributed by atoms with Crippen molar-refractivity contribution in [1.29, 1.82) is 0 Å². The highest BCUT2D eigenvalue weighted by molar-refractivity contribution is 5.81. The molecule has 3 heterocycles. The molecule has 0 saturated heterocycles. The second-order valence-electron chi connectivity index (χ2n) is 11.6. The molecule has 4 nitrogen and oxygen atoms in total. The van der Waals surface area contributed by atoms with Crippen LogP contribution in [0.5, 0.6) is 0 Å². The third-order valence-corrected chi connectivity index (χ3v) is 8.41. The zero-order valence-corrected chi connectivity index (χ0v) is 26.1. The molecule has 226 valence electrons. The van der Waals surface area contributed by atoms with E-state index in [1.165, 1.54) is 11.1 Å². The molecular weight excluding hydrogens is 585 g/mol. The maximum Gasteiger partial charge on any atom is 0.160 e. The van der Waals surface area contributed by atoms with E-state index in [-0.39, 0.29) is 0 Å². The summed E-state index contributed by atoms with van der Waals surface area (Å²) >= 11 is 0. The van der Waals surface area contributed by atoms with Crippen LogP contribution in [0.15, 0.2) is 182 Å². The van der Waals surface area contributed by atoms with E-state index in [0.717, 1.165) is 61.7 Å². The Kier molecular flexibility index (Phi) is 7.87. The fraction of sp³-hybridized carbons (Fsp3) is 0. The summed E-state index contributed by atoms with van der Waals surface area (Å²) in [6.45, 7) is 0. The molecule has 0 fully saturated rings. The molecule has 0 spiro atoms. The van der Waals surface area contributed by atoms with E-state index in [4.69, 9.17) is 9.97 Å². The summed E-state index contributed by atoms with van der Waals surface area (Å²) in [5, 5.41) is 0. The van der Waals surface area contributed by atoms with Crippen molar-refractivity contribution in [3.8, 4) is 78.7 Å². The summed E-state index contributed by atoms with van der Waals surface area (Å²) < 4.78 is 0. The van der Waals surface area contributed by atoms with Gasteiger partial charge in [0.2, 0.25) is 0 Å². The highest BCUT2D eigenvalue weighted by Crippen LogP contribution is 2.34. The van der Waals surface area contributed by atoms with Crippen molar-refractivity contribution >= 4 is 0 Å². The van der Waals surface area contributed by atoms with Crippen LogP contribution in [0.1, 0.15) is 0 Å². The molecule has 5 aromatic carbocycles. The van der Waals surface area contributed by atoms with Crippen molar-refractivity contribution in [3.05, 3.63) is 182 Å². The summed E-state index contributed by atoms with van der Waals surface area (Å²) in [7, 11) is 0. The Labute approximate surface area is 280 Å². The fourth-order valence-electron chi connectivity index (χ4n) is 5.92. The summed E-state index contributed by atoms with van der Waals surface area (Å²) in [5.74, 6) is 0.664. The molecule has 4 heteroatoms. The van der Waals surface area contributed by atoms with Crippen LogP contribution in [0.2, 0.25) is 0 Å². The number of nitrogens with zero attached hydrogens (tertiary/aromatic N) is 4. The minimum atomic E-state index is 0.664. The average molecular weight is 615 g/mol. The quantitative estimate of drug-likeness (QED) is 0.179. The maximum absolute atomic E-state index is 5.18. The summed E-state index contributed by atoms with van der Waals surface area (Å²) in [4.78, 5) is 19.6. The zero-order chi connectivity index (χ0) is 32.1. The van der Waals surface area contributed by atoms with Gasteiger partial charge in [-0.05, 0) is 70.8 Å². The first-order valence-electron chi connectivity index (χ1n) is 16.0. The Morgan fingerprint density at radius 2 is 0.625 bits per heavy atom.